The predicted octanol–water partition coefficient (Wildman–Crippen LogP) is 3.32. The first-order chi connectivity index (χ1) is 10.6. The van der Waals surface area contributed by atoms with Crippen molar-refractivity contribution in [2.75, 3.05) is 13.6 Å². The molecule has 0 radical (unpaired) electrons. The Kier molecular flexibility index (Phi) is 3.99. The lowest BCUT2D eigenvalue weighted by Crippen LogP contribution is -2.34. The standard InChI is InChI=1S/C18H16ClNO2/c1-20-11-10-12-4-2-3-5-15(12)16(18(20)22)17(21)13-6-8-14(19)9-7-13/h2-9,16H,10-11H2,1H3/t16-/m1/s1. The summed E-state index contributed by atoms with van der Waals surface area (Å²) in [5.41, 5.74) is 2.39. The Bertz CT molecular complexity index is 724. The summed E-state index contributed by atoms with van der Waals surface area (Å²) >= 11 is 5.87. The first kappa shape index (κ1) is 14.8. The normalized spacial score (nSPS) is 17.8. The van der Waals surface area contributed by atoms with Crippen LogP contribution in [0.4, 0.5) is 0 Å². The number of benzene rings is 2. The van der Waals surface area contributed by atoms with E-state index in [2.05, 4.69) is 0 Å². The molecule has 2 aromatic rings. The van der Waals surface area contributed by atoms with Gasteiger partial charge in [0.05, 0.1) is 0 Å². The van der Waals surface area contributed by atoms with Gasteiger partial charge in [0, 0.05) is 24.2 Å². The number of fused-ring (bicyclic) bond motifs is 1. The Morgan fingerprint density at radius 3 is 2.55 bits per heavy atom. The zero-order chi connectivity index (χ0) is 15.7. The molecule has 22 heavy (non-hydrogen) atoms. The van der Waals surface area contributed by atoms with E-state index in [1.54, 1.807) is 36.2 Å². The van der Waals surface area contributed by atoms with Crippen LogP contribution in [0.3, 0.4) is 0 Å². The molecule has 1 heterocycles. The number of carbonyl (C=O) groups is 2. The Morgan fingerprint density at radius 2 is 1.82 bits per heavy atom. The lowest BCUT2D eigenvalue weighted by atomic mass is 9.87. The Hall–Kier alpha value is -2.13. The molecule has 1 aliphatic rings. The van der Waals surface area contributed by atoms with Crippen molar-refractivity contribution < 1.29 is 9.59 Å². The lowest BCUT2D eigenvalue weighted by molar-refractivity contribution is -0.130. The summed E-state index contributed by atoms with van der Waals surface area (Å²) in [4.78, 5) is 27.2. The number of hydrogen-bond acceptors (Lipinski definition) is 2. The maximum Gasteiger partial charge on any atom is 0.237 e. The SMILES string of the molecule is CN1CCc2ccccc2[C@H](C(=O)c2ccc(Cl)cc2)C1=O. The molecule has 1 aliphatic heterocycles. The molecular weight excluding hydrogens is 298 g/mol. The molecule has 0 aliphatic carbocycles. The van der Waals surface area contributed by atoms with Crippen LogP contribution in [0.15, 0.2) is 48.5 Å². The third-order valence-corrected chi connectivity index (χ3v) is 4.35. The molecule has 0 fully saturated rings. The zero-order valence-electron chi connectivity index (χ0n) is 12.3. The highest BCUT2D eigenvalue weighted by atomic mass is 35.5. The molecule has 112 valence electrons. The van der Waals surface area contributed by atoms with Gasteiger partial charge < -0.3 is 4.90 Å². The fourth-order valence-corrected chi connectivity index (χ4v) is 2.96. The molecule has 0 unspecified atom stereocenters. The summed E-state index contributed by atoms with van der Waals surface area (Å²) in [7, 11) is 1.75. The maximum absolute atomic E-state index is 12.9. The highest BCUT2D eigenvalue weighted by Gasteiger charge is 2.35. The van der Waals surface area contributed by atoms with Crippen LogP contribution in [0.1, 0.15) is 27.4 Å². The van der Waals surface area contributed by atoms with Gasteiger partial charge in [0.25, 0.3) is 0 Å². The van der Waals surface area contributed by atoms with Crippen LogP contribution in [-0.4, -0.2) is 30.2 Å². The number of rotatable bonds is 2. The van der Waals surface area contributed by atoms with E-state index >= 15 is 0 Å². The van der Waals surface area contributed by atoms with E-state index in [-0.39, 0.29) is 11.7 Å². The summed E-state index contributed by atoms with van der Waals surface area (Å²) < 4.78 is 0. The second-order valence-electron chi connectivity index (χ2n) is 5.51. The molecule has 1 amide bonds. The van der Waals surface area contributed by atoms with E-state index in [4.69, 9.17) is 11.6 Å². The topological polar surface area (TPSA) is 37.4 Å². The largest absolute Gasteiger partial charge is 0.344 e. The van der Waals surface area contributed by atoms with Gasteiger partial charge >= 0.3 is 0 Å². The van der Waals surface area contributed by atoms with Gasteiger partial charge in [0.2, 0.25) is 5.91 Å². The molecule has 1 atom stereocenters. The van der Waals surface area contributed by atoms with E-state index in [0.717, 1.165) is 17.5 Å². The van der Waals surface area contributed by atoms with Crippen LogP contribution in [0.2, 0.25) is 5.02 Å². The van der Waals surface area contributed by atoms with Crippen LogP contribution < -0.4 is 0 Å². The third-order valence-electron chi connectivity index (χ3n) is 4.10. The minimum atomic E-state index is -0.773. The van der Waals surface area contributed by atoms with Gasteiger partial charge in [-0.1, -0.05) is 35.9 Å². The third kappa shape index (κ3) is 2.64. The van der Waals surface area contributed by atoms with Gasteiger partial charge in [-0.2, -0.15) is 0 Å². The molecule has 0 spiro atoms. The van der Waals surface area contributed by atoms with Crippen LogP contribution in [0.5, 0.6) is 0 Å². The second-order valence-corrected chi connectivity index (χ2v) is 5.95. The fraction of sp³-hybridized carbons (Fsp3) is 0.222. The van der Waals surface area contributed by atoms with Crippen LogP contribution in [0, 0.1) is 0 Å². The van der Waals surface area contributed by atoms with Crippen molar-refractivity contribution in [3.8, 4) is 0 Å². The van der Waals surface area contributed by atoms with Crippen molar-refractivity contribution >= 4 is 23.3 Å². The van der Waals surface area contributed by atoms with Crippen LogP contribution in [0.25, 0.3) is 0 Å². The molecule has 3 nitrogen and oxygen atoms in total. The smallest absolute Gasteiger partial charge is 0.237 e. The average molecular weight is 314 g/mol. The highest BCUT2D eigenvalue weighted by molar-refractivity contribution is 6.30. The van der Waals surface area contributed by atoms with Crippen molar-refractivity contribution in [3.05, 3.63) is 70.2 Å². The first-order valence-corrected chi connectivity index (χ1v) is 7.58. The Labute approximate surface area is 134 Å². The van der Waals surface area contributed by atoms with E-state index in [1.165, 1.54) is 0 Å². The Balaban J connectivity index is 2.07. The summed E-state index contributed by atoms with van der Waals surface area (Å²) in [5, 5.41) is 0.571. The number of hydrogen-bond donors (Lipinski definition) is 0. The van der Waals surface area contributed by atoms with Gasteiger partial charge in [-0.05, 0) is 41.8 Å². The van der Waals surface area contributed by atoms with Crippen molar-refractivity contribution in [3.63, 3.8) is 0 Å². The number of nitrogens with zero attached hydrogens (tertiary/aromatic N) is 1. The molecule has 0 saturated heterocycles. The van der Waals surface area contributed by atoms with Crippen LogP contribution in [-0.2, 0) is 11.2 Å². The Morgan fingerprint density at radius 1 is 1.14 bits per heavy atom. The summed E-state index contributed by atoms with van der Waals surface area (Å²) in [6, 6.07) is 14.4. The van der Waals surface area contributed by atoms with Crippen molar-refractivity contribution in [2.45, 2.75) is 12.3 Å². The van der Waals surface area contributed by atoms with Gasteiger partial charge in [-0.15, -0.1) is 0 Å². The molecule has 3 rings (SSSR count). The van der Waals surface area contributed by atoms with Crippen molar-refractivity contribution in [2.24, 2.45) is 0 Å². The van der Waals surface area contributed by atoms with Gasteiger partial charge in [0.1, 0.15) is 5.92 Å². The second kappa shape index (κ2) is 5.93. The van der Waals surface area contributed by atoms with Crippen LogP contribution >= 0.6 is 11.6 Å². The quantitative estimate of drug-likeness (QED) is 0.630. The van der Waals surface area contributed by atoms with E-state index in [9.17, 15) is 9.59 Å². The molecule has 0 aromatic heterocycles. The number of ketones is 1. The first-order valence-electron chi connectivity index (χ1n) is 7.20. The minimum absolute atomic E-state index is 0.148. The molecule has 0 bridgehead atoms. The number of carbonyl (C=O) groups excluding carboxylic acids is 2. The summed E-state index contributed by atoms with van der Waals surface area (Å²) in [6.07, 6.45) is 0.767. The van der Waals surface area contributed by atoms with Crippen molar-refractivity contribution in [1.29, 1.82) is 0 Å². The molecule has 0 N–H and O–H groups in total. The number of amides is 1. The predicted molar refractivity (Wildman–Crippen MR) is 86.3 cm³/mol. The van der Waals surface area contributed by atoms with E-state index in [1.807, 2.05) is 24.3 Å². The molecule has 2 aromatic carbocycles. The van der Waals surface area contributed by atoms with Gasteiger partial charge in [-0.3, -0.25) is 9.59 Å². The highest BCUT2D eigenvalue weighted by Crippen LogP contribution is 2.29. The summed E-state index contributed by atoms with van der Waals surface area (Å²) in [6.45, 7) is 0.625. The number of Topliss-reactive ketones (excluding diaryl/α,β-unsaturated/α-hetero) is 1. The average Bonchev–Trinajstić information content (AvgIpc) is 2.65. The molecular formula is C18H16ClNO2. The monoisotopic (exact) mass is 313 g/mol. The number of halogens is 1. The van der Waals surface area contributed by atoms with E-state index < -0.39 is 5.92 Å². The van der Waals surface area contributed by atoms with Gasteiger partial charge in [0.15, 0.2) is 5.78 Å². The fourth-order valence-electron chi connectivity index (χ4n) is 2.83. The molecule has 4 heteroatoms. The number of likely N-dealkylation sites (N-methyl/N-ethyl adjacent to an activating group) is 1. The maximum atomic E-state index is 12.9. The summed E-state index contributed by atoms with van der Waals surface area (Å²) in [5.74, 6) is -1.10. The zero-order valence-corrected chi connectivity index (χ0v) is 13.0. The van der Waals surface area contributed by atoms with E-state index in [0.29, 0.717) is 17.1 Å². The van der Waals surface area contributed by atoms with Gasteiger partial charge in [-0.25, -0.2) is 0 Å². The minimum Gasteiger partial charge on any atom is -0.344 e. The lowest BCUT2D eigenvalue weighted by Gasteiger charge is -2.20. The molecule has 0 saturated carbocycles. The van der Waals surface area contributed by atoms with Crippen molar-refractivity contribution in [1.82, 2.24) is 4.90 Å².